The Labute approximate surface area is 131 Å². The number of ketones is 1. The number of ether oxygens (including phenoxy) is 1. The number of benzene rings is 1. The van der Waals surface area contributed by atoms with Crippen LogP contribution >= 0.6 is 0 Å². The zero-order chi connectivity index (χ0) is 16.5. The van der Waals surface area contributed by atoms with Gasteiger partial charge in [0, 0.05) is 29.7 Å². The molecule has 0 spiro atoms. The van der Waals surface area contributed by atoms with Crippen molar-refractivity contribution >= 4 is 17.4 Å². The summed E-state index contributed by atoms with van der Waals surface area (Å²) < 4.78 is 5.63. The van der Waals surface area contributed by atoms with Gasteiger partial charge >= 0.3 is 0 Å². The van der Waals surface area contributed by atoms with Crippen molar-refractivity contribution in [3.05, 3.63) is 29.8 Å². The topological polar surface area (TPSA) is 81.4 Å². The molecular formula is C17H24N2O3. The predicted molar refractivity (Wildman–Crippen MR) is 85.8 cm³/mol. The van der Waals surface area contributed by atoms with Crippen LogP contribution in [0.5, 0.6) is 0 Å². The van der Waals surface area contributed by atoms with Crippen molar-refractivity contribution in [2.24, 2.45) is 11.1 Å². The first kappa shape index (κ1) is 16.6. The summed E-state index contributed by atoms with van der Waals surface area (Å²) >= 11 is 0. The second-order valence-corrected chi connectivity index (χ2v) is 6.43. The molecule has 0 heterocycles. The van der Waals surface area contributed by atoms with Gasteiger partial charge in [-0.2, -0.15) is 0 Å². The molecule has 120 valence electrons. The van der Waals surface area contributed by atoms with Crippen LogP contribution in [0.15, 0.2) is 24.3 Å². The van der Waals surface area contributed by atoms with Crippen molar-refractivity contribution in [1.29, 1.82) is 0 Å². The molecule has 0 bridgehead atoms. The number of anilines is 1. The highest BCUT2D eigenvalue weighted by Gasteiger charge is 2.62. The minimum Gasteiger partial charge on any atom is -0.378 e. The van der Waals surface area contributed by atoms with Crippen LogP contribution in [0.3, 0.4) is 0 Å². The van der Waals surface area contributed by atoms with Gasteiger partial charge in [-0.1, -0.05) is 26.0 Å². The first-order valence-electron chi connectivity index (χ1n) is 7.55. The molecule has 0 aliphatic heterocycles. The Morgan fingerprint density at radius 1 is 1.41 bits per heavy atom. The van der Waals surface area contributed by atoms with E-state index in [2.05, 4.69) is 5.32 Å². The van der Waals surface area contributed by atoms with Gasteiger partial charge in [0.15, 0.2) is 5.78 Å². The Balaban J connectivity index is 2.13. The molecule has 2 rings (SSSR count). The standard InChI is InChI=1S/C17H24N2O3/c1-5-22-14-10-17(18,16(14,3)4)15(21)19-13-8-6-7-12(9-13)11(2)20/h6-9,14H,5,10,18H2,1-4H3,(H,19,21). The maximum atomic E-state index is 12.6. The van der Waals surface area contributed by atoms with Gasteiger partial charge in [-0.3, -0.25) is 9.59 Å². The lowest BCUT2D eigenvalue weighted by molar-refractivity contribution is -0.166. The van der Waals surface area contributed by atoms with E-state index in [1.165, 1.54) is 6.92 Å². The van der Waals surface area contributed by atoms with Gasteiger partial charge in [0.1, 0.15) is 5.54 Å². The Bertz CT molecular complexity index is 597. The van der Waals surface area contributed by atoms with Crippen LogP contribution in [0.25, 0.3) is 0 Å². The normalized spacial score (nSPS) is 26.1. The van der Waals surface area contributed by atoms with Crippen LogP contribution in [0, 0.1) is 5.41 Å². The second-order valence-electron chi connectivity index (χ2n) is 6.43. The average molecular weight is 304 g/mol. The van der Waals surface area contributed by atoms with Crippen molar-refractivity contribution in [2.45, 2.75) is 45.8 Å². The quantitative estimate of drug-likeness (QED) is 0.818. The first-order chi connectivity index (χ1) is 10.2. The number of Topliss-reactive ketones (excluding diaryl/α,β-unsaturated/α-hetero) is 1. The highest BCUT2D eigenvalue weighted by atomic mass is 16.5. The van der Waals surface area contributed by atoms with Crippen LogP contribution in [-0.4, -0.2) is 29.9 Å². The number of amides is 1. The molecule has 2 atom stereocenters. The van der Waals surface area contributed by atoms with Gasteiger partial charge in [-0.05, 0) is 26.0 Å². The molecule has 1 aromatic rings. The Morgan fingerprint density at radius 3 is 2.64 bits per heavy atom. The number of hydrogen-bond acceptors (Lipinski definition) is 4. The summed E-state index contributed by atoms with van der Waals surface area (Å²) in [5.74, 6) is -0.284. The zero-order valence-corrected chi connectivity index (χ0v) is 13.6. The number of hydrogen-bond donors (Lipinski definition) is 2. The number of rotatable bonds is 5. The molecule has 0 aromatic heterocycles. The Kier molecular flexibility index (Phi) is 4.40. The summed E-state index contributed by atoms with van der Waals surface area (Å²) in [5, 5.41) is 2.83. The fourth-order valence-corrected chi connectivity index (χ4v) is 2.88. The Hall–Kier alpha value is -1.72. The van der Waals surface area contributed by atoms with E-state index >= 15 is 0 Å². The molecule has 5 nitrogen and oxygen atoms in total. The highest BCUT2D eigenvalue weighted by molar-refractivity contribution is 6.01. The van der Waals surface area contributed by atoms with Gasteiger partial charge < -0.3 is 15.8 Å². The average Bonchev–Trinajstić information content (AvgIpc) is 2.47. The molecule has 1 amide bonds. The number of nitrogens with one attached hydrogen (secondary N) is 1. The first-order valence-corrected chi connectivity index (χ1v) is 7.55. The molecule has 0 radical (unpaired) electrons. The molecule has 22 heavy (non-hydrogen) atoms. The van der Waals surface area contributed by atoms with E-state index in [4.69, 9.17) is 10.5 Å². The van der Waals surface area contributed by atoms with Crippen molar-refractivity contribution in [2.75, 3.05) is 11.9 Å². The van der Waals surface area contributed by atoms with E-state index < -0.39 is 11.0 Å². The maximum Gasteiger partial charge on any atom is 0.245 e. The zero-order valence-electron chi connectivity index (χ0n) is 13.6. The summed E-state index contributed by atoms with van der Waals surface area (Å²) in [6, 6.07) is 6.87. The molecule has 1 aromatic carbocycles. The molecule has 1 saturated carbocycles. The largest absolute Gasteiger partial charge is 0.378 e. The summed E-state index contributed by atoms with van der Waals surface area (Å²) in [7, 11) is 0. The monoisotopic (exact) mass is 304 g/mol. The number of carbonyl (C=O) groups is 2. The fraction of sp³-hybridized carbons (Fsp3) is 0.529. The summed E-state index contributed by atoms with van der Waals surface area (Å²) in [5.41, 5.74) is 6.06. The van der Waals surface area contributed by atoms with Gasteiger partial charge in [-0.25, -0.2) is 0 Å². The third-order valence-corrected chi connectivity index (χ3v) is 4.76. The van der Waals surface area contributed by atoms with Crippen molar-refractivity contribution < 1.29 is 14.3 Å². The van der Waals surface area contributed by atoms with Crippen LogP contribution < -0.4 is 11.1 Å². The van der Waals surface area contributed by atoms with Crippen LogP contribution in [0.2, 0.25) is 0 Å². The summed E-state index contributed by atoms with van der Waals surface area (Å²) in [4.78, 5) is 24.0. The van der Waals surface area contributed by atoms with E-state index in [1.807, 2.05) is 20.8 Å². The molecule has 5 heteroatoms. The molecular weight excluding hydrogens is 280 g/mol. The van der Waals surface area contributed by atoms with E-state index in [-0.39, 0.29) is 17.8 Å². The van der Waals surface area contributed by atoms with Gasteiger partial charge in [0.25, 0.3) is 0 Å². The van der Waals surface area contributed by atoms with E-state index in [0.29, 0.717) is 24.3 Å². The van der Waals surface area contributed by atoms with Crippen LogP contribution in [0.4, 0.5) is 5.69 Å². The third kappa shape index (κ3) is 2.66. The molecule has 0 saturated heterocycles. The fourth-order valence-electron chi connectivity index (χ4n) is 2.88. The summed E-state index contributed by atoms with van der Waals surface area (Å²) in [6.45, 7) is 7.92. The van der Waals surface area contributed by atoms with Gasteiger partial charge in [0.05, 0.1) is 6.10 Å². The van der Waals surface area contributed by atoms with Gasteiger partial charge in [-0.15, -0.1) is 0 Å². The van der Waals surface area contributed by atoms with E-state index in [0.717, 1.165) is 0 Å². The Morgan fingerprint density at radius 2 is 2.09 bits per heavy atom. The van der Waals surface area contributed by atoms with Crippen LogP contribution in [0.1, 0.15) is 44.5 Å². The highest BCUT2D eigenvalue weighted by Crippen LogP contribution is 2.50. The lowest BCUT2D eigenvalue weighted by Gasteiger charge is -2.57. The number of nitrogens with two attached hydrogens (primary N) is 1. The van der Waals surface area contributed by atoms with Crippen molar-refractivity contribution in [3.63, 3.8) is 0 Å². The van der Waals surface area contributed by atoms with Crippen LogP contribution in [-0.2, 0) is 9.53 Å². The smallest absolute Gasteiger partial charge is 0.245 e. The molecule has 2 unspecified atom stereocenters. The molecule has 1 fully saturated rings. The minimum atomic E-state index is -0.973. The second kappa shape index (κ2) is 5.82. The molecule has 3 N–H and O–H groups in total. The van der Waals surface area contributed by atoms with E-state index in [9.17, 15) is 9.59 Å². The minimum absolute atomic E-state index is 0.0168. The third-order valence-electron chi connectivity index (χ3n) is 4.76. The molecule has 1 aliphatic carbocycles. The lowest BCUT2D eigenvalue weighted by atomic mass is 9.54. The van der Waals surface area contributed by atoms with Crippen molar-refractivity contribution in [1.82, 2.24) is 0 Å². The van der Waals surface area contributed by atoms with Gasteiger partial charge in [0.2, 0.25) is 5.91 Å². The maximum absolute atomic E-state index is 12.6. The number of carbonyl (C=O) groups excluding carboxylic acids is 2. The van der Waals surface area contributed by atoms with E-state index in [1.54, 1.807) is 24.3 Å². The van der Waals surface area contributed by atoms with Crippen molar-refractivity contribution in [3.8, 4) is 0 Å². The SMILES string of the molecule is CCOC1CC(N)(C(=O)Nc2cccc(C(C)=O)c2)C1(C)C. The lowest BCUT2D eigenvalue weighted by Crippen LogP contribution is -2.74. The summed E-state index contributed by atoms with van der Waals surface area (Å²) in [6.07, 6.45) is 0.475. The molecule has 1 aliphatic rings. The predicted octanol–water partition coefficient (Wildman–Crippen LogP) is 2.36.